The lowest BCUT2D eigenvalue weighted by atomic mass is 9.80. The van der Waals surface area contributed by atoms with E-state index in [1.807, 2.05) is 54.5 Å². The van der Waals surface area contributed by atoms with Crippen molar-refractivity contribution in [1.82, 2.24) is 5.32 Å². The predicted octanol–water partition coefficient (Wildman–Crippen LogP) is 6.90. The monoisotopic (exact) mass is 544 g/mol. The molecule has 0 aliphatic heterocycles. The second-order valence-corrected chi connectivity index (χ2v) is 12.9. The maximum absolute atomic E-state index is 13.8. The topological polar surface area (TPSA) is 105 Å². The van der Waals surface area contributed by atoms with E-state index >= 15 is 0 Å². The number of carbonyl (C=O) groups is 1. The molecule has 3 N–H and O–H groups in total. The molecular formula is C25H34Cl2N2O5S. The molecule has 0 radical (unpaired) electrons. The number of rotatable bonds is 6. The van der Waals surface area contributed by atoms with Crippen LogP contribution in [0.5, 0.6) is 11.5 Å². The van der Waals surface area contributed by atoms with Crippen LogP contribution in [0.25, 0.3) is 0 Å². The van der Waals surface area contributed by atoms with Gasteiger partial charge in [-0.05, 0) is 53.0 Å². The summed E-state index contributed by atoms with van der Waals surface area (Å²) in [5, 5.41) is 12.4. The number of carbonyl (C=O) groups excluding carboxylic acids is 1. The SMILES string of the molecule is CCCNC(=O)Oc1cc(C(C)(C)C)cc(C(C)(C)C)c1S(=O)(=O)Nc1cc(Cl)c(O)c(Cl)c1C. The van der Waals surface area contributed by atoms with Crippen LogP contribution in [0.1, 0.15) is 71.6 Å². The number of nitrogens with one attached hydrogen (secondary N) is 2. The third-order valence-corrected chi connectivity index (χ3v) is 7.60. The van der Waals surface area contributed by atoms with Crippen molar-refractivity contribution < 1.29 is 23.1 Å². The molecule has 0 aromatic heterocycles. The number of phenols is 1. The first kappa shape index (κ1) is 29.1. The third-order valence-electron chi connectivity index (χ3n) is 5.40. The van der Waals surface area contributed by atoms with E-state index in [4.69, 9.17) is 27.9 Å². The van der Waals surface area contributed by atoms with Crippen LogP contribution in [0.2, 0.25) is 10.0 Å². The summed E-state index contributed by atoms with van der Waals surface area (Å²) in [6.07, 6.45) is -0.0558. The minimum Gasteiger partial charge on any atom is -0.505 e. The lowest BCUT2D eigenvalue weighted by Gasteiger charge is -2.29. The highest BCUT2D eigenvalue weighted by Gasteiger charge is 2.34. The number of hydrogen-bond donors (Lipinski definition) is 3. The van der Waals surface area contributed by atoms with Gasteiger partial charge in [-0.15, -0.1) is 0 Å². The van der Waals surface area contributed by atoms with E-state index in [9.17, 15) is 18.3 Å². The lowest BCUT2D eigenvalue weighted by Crippen LogP contribution is -2.30. The first-order chi connectivity index (χ1) is 15.9. The van der Waals surface area contributed by atoms with Crippen LogP contribution in [-0.4, -0.2) is 26.2 Å². The van der Waals surface area contributed by atoms with Gasteiger partial charge in [0, 0.05) is 6.54 Å². The Morgan fingerprint density at radius 3 is 2.17 bits per heavy atom. The molecule has 0 heterocycles. The van der Waals surface area contributed by atoms with Gasteiger partial charge in [-0.25, -0.2) is 13.2 Å². The largest absolute Gasteiger partial charge is 0.505 e. The van der Waals surface area contributed by atoms with Crippen molar-refractivity contribution >= 4 is 45.0 Å². The van der Waals surface area contributed by atoms with E-state index in [-0.39, 0.29) is 37.5 Å². The molecule has 0 unspecified atom stereocenters. The molecule has 2 aromatic carbocycles. The molecule has 0 spiro atoms. The number of hydrogen-bond acceptors (Lipinski definition) is 5. The first-order valence-electron chi connectivity index (χ1n) is 11.2. The maximum atomic E-state index is 13.8. The summed E-state index contributed by atoms with van der Waals surface area (Å²) in [6, 6.07) is 4.69. The zero-order chi connectivity index (χ0) is 26.9. The number of benzene rings is 2. The summed E-state index contributed by atoms with van der Waals surface area (Å²) in [5.74, 6) is -0.424. The second kappa shape index (κ2) is 10.4. The number of ether oxygens (including phenoxy) is 1. The fourth-order valence-electron chi connectivity index (χ4n) is 3.31. The number of phenolic OH excluding ortho intramolecular Hbond substituents is 1. The zero-order valence-electron chi connectivity index (χ0n) is 21.4. The Balaban J connectivity index is 2.82. The summed E-state index contributed by atoms with van der Waals surface area (Å²) in [7, 11) is -4.31. The molecule has 0 fully saturated rings. The van der Waals surface area contributed by atoms with Crippen LogP contribution in [0.3, 0.4) is 0 Å². The Kier molecular flexibility index (Phi) is 8.68. The molecule has 0 bridgehead atoms. The fraction of sp³-hybridized carbons (Fsp3) is 0.480. The van der Waals surface area contributed by atoms with Crippen LogP contribution in [0.15, 0.2) is 23.1 Å². The van der Waals surface area contributed by atoms with Crippen molar-refractivity contribution in [3.63, 3.8) is 0 Å². The third kappa shape index (κ3) is 6.74. The van der Waals surface area contributed by atoms with Crippen molar-refractivity contribution in [2.75, 3.05) is 11.3 Å². The van der Waals surface area contributed by atoms with Gasteiger partial charge < -0.3 is 15.2 Å². The highest BCUT2D eigenvalue weighted by Crippen LogP contribution is 2.43. The minimum atomic E-state index is -4.31. The van der Waals surface area contributed by atoms with Gasteiger partial charge in [-0.2, -0.15) is 0 Å². The van der Waals surface area contributed by atoms with Crippen molar-refractivity contribution in [3.8, 4) is 11.5 Å². The second-order valence-electron chi connectivity index (χ2n) is 10.5. The summed E-state index contributed by atoms with van der Waals surface area (Å²) < 4.78 is 35.8. The van der Waals surface area contributed by atoms with Gasteiger partial charge >= 0.3 is 6.09 Å². The molecule has 0 aliphatic carbocycles. The van der Waals surface area contributed by atoms with Crippen molar-refractivity contribution in [2.45, 2.75) is 77.5 Å². The van der Waals surface area contributed by atoms with Gasteiger partial charge in [-0.3, -0.25) is 4.72 Å². The van der Waals surface area contributed by atoms with E-state index in [0.29, 0.717) is 24.1 Å². The van der Waals surface area contributed by atoms with Crippen LogP contribution in [-0.2, 0) is 20.9 Å². The highest BCUT2D eigenvalue weighted by molar-refractivity contribution is 7.92. The molecule has 2 aromatic rings. The summed E-state index contributed by atoms with van der Waals surface area (Å²) in [6.45, 7) is 15.5. The van der Waals surface area contributed by atoms with Crippen LogP contribution >= 0.6 is 23.2 Å². The van der Waals surface area contributed by atoms with Crippen LogP contribution in [0, 0.1) is 6.92 Å². The maximum Gasteiger partial charge on any atom is 0.412 e. The Morgan fingerprint density at radius 1 is 1.06 bits per heavy atom. The molecule has 194 valence electrons. The quantitative estimate of drug-likeness (QED) is 0.343. The van der Waals surface area contributed by atoms with E-state index in [1.165, 1.54) is 6.07 Å². The minimum absolute atomic E-state index is 0.0651. The predicted molar refractivity (Wildman–Crippen MR) is 142 cm³/mol. The van der Waals surface area contributed by atoms with Gasteiger partial charge in [0.1, 0.15) is 4.90 Å². The van der Waals surface area contributed by atoms with Crippen molar-refractivity contribution in [3.05, 3.63) is 44.9 Å². The molecular weight excluding hydrogens is 511 g/mol. The van der Waals surface area contributed by atoms with Crippen molar-refractivity contribution in [2.24, 2.45) is 0 Å². The van der Waals surface area contributed by atoms with Gasteiger partial charge in [0.15, 0.2) is 11.5 Å². The number of sulfonamides is 1. The standard InChI is InChI=1S/C25H34Cl2N2O5S/c1-9-10-28-23(31)34-19-12-15(24(3,4)5)11-16(25(6,7)8)22(19)35(32,33)29-18-13-17(26)21(30)20(27)14(18)2/h11-13,29-30H,9-10H2,1-8H3,(H,28,31). The van der Waals surface area contributed by atoms with Crippen LogP contribution < -0.4 is 14.8 Å². The van der Waals surface area contributed by atoms with Gasteiger partial charge in [-0.1, -0.05) is 77.7 Å². The molecule has 2 rings (SSSR count). The van der Waals surface area contributed by atoms with E-state index in [0.717, 1.165) is 5.56 Å². The molecule has 35 heavy (non-hydrogen) atoms. The van der Waals surface area contributed by atoms with Crippen molar-refractivity contribution in [1.29, 1.82) is 0 Å². The molecule has 0 saturated carbocycles. The zero-order valence-corrected chi connectivity index (χ0v) is 23.7. The Morgan fingerprint density at radius 2 is 1.66 bits per heavy atom. The molecule has 0 atom stereocenters. The van der Waals surface area contributed by atoms with E-state index < -0.39 is 21.5 Å². The molecule has 0 aliphatic rings. The van der Waals surface area contributed by atoms with Gasteiger partial charge in [0.05, 0.1) is 15.7 Å². The van der Waals surface area contributed by atoms with Crippen LogP contribution in [0.4, 0.5) is 10.5 Å². The number of halogens is 2. The molecule has 7 nitrogen and oxygen atoms in total. The molecule has 10 heteroatoms. The number of anilines is 1. The summed E-state index contributed by atoms with van der Waals surface area (Å²) in [4.78, 5) is 12.3. The summed E-state index contributed by atoms with van der Waals surface area (Å²) >= 11 is 12.2. The smallest absolute Gasteiger partial charge is 0.412 e. The Bertz CT molecular complexity index is 1230. The molecule has 0 saturated heterocycles. The van der Waals surface area contributed by atoms with Gasteiger partial charge in [0.2, 0.25) is 0 Å². The number of aromatic hydroxyl groups is 1. The Hall–Kier alpha value is -2.16. The average molecular weight is 546 g/mol. The molecule has 1 amide bonds. The normalized spacial score (nSPS) is 12.4. The highest BCUT2D eigenvalue weighted by atomic mass is 35.5. The van der Waals surface area contributed by atoms with Gasteiger partial charge in [0.25, 0.3) is 10.0 Å². The fourth-order valence-corrected chi connectivity index (χ4v) is 5.39. The Labute approximate surface area is 218 Å². The average Bonchev–Trinajstić information content (AvgIpc) is 2.72. The van der Waals surface area contributed by atoms with E-state index in [2.05, 4.69) is 10.0 Å². The number of amides is 1. The first-order valence-corrected chi connectivity index (χ1v) is 13.5. The summed E-state index contributed by atoms with van der Waals surface area (Å²) in [5.41, 5.74) is 0.712. The lowest BCUT2D eigenvalue weighted by molar-refractivity contribution is 0.199. The van der Waals surface area contributed by atoms with E-state index in [1.54, 1.807) is 13.0 Å².